The van der Waals surface area contributed by atoms with E-state index in [-0.39, 0.29) is 28.8 Å². The summed E-state index contributed by atoms with van der Waals surface area (Å²) in [6.07, 6.45) is 2.81. The maximum Gasteiger partial charge on any atom is 0.343 e. The van der Waals surface area contributed by atoms with Gasteiger partial charge in [-0.15, -0.1) is 0 Å². The highest BCUT2D eigenvalue weighted by atomic mass is 19.2. The second-order valence-electron chi connectivity index (χ2n) is 6.45. The van der Waals surface area contributed by atoms with Crippen molar-refractivity contribution in [1.82, 2.24) is 9.55 Å². The van der Waals surface area contributed by atoms with Crippen LogP contribution in [-0.4, -0.2) is 22.1 Å². The number of benzene rings is 2. The zero-order valence-corrected chi connectivity index (χ0v) is 15.0. The molecule has 0 N–H and O–H groups in total. The summed E-state index contributed by atoms with van der Waals surface area (Å²) >= 11 is 0. The number of pyridine rings is 2. The van der Waals surface area contributed by atoms with Gasteiger partial charge in [-0.05, 0) is 25.1 Å². The number of esters is 1. The number of aromatic nitrogens is 2. The Bertz CT molecular complexity index is 1410. The topological polar surface area (TPSA) is 70.4 Å². The maximum absolute atomic E-state index is 14.6. The standard InChI is InChI=1S/C21H12F2N2O4/c1-2-28-21(27)12-9-25-14-6-5-10-4-3-7-24-16(10)19(14)29-20-15(23)13(22)8-11(17(20)25)18(12)26/h3-9H,2H2,1H3. The molecule has 2 aromatic heterocycles. The van der Waals surface area contributed by atoms with E-state index >= 15 is 0 Å². The van der Waals surface area contributed by atoms with Crippen molar-refractivity contribution in [3.05, 3.63) is 70.1 Å². The lowest BCUT2D eigenvalue weighted by Gasteiger charge is -2.24. The van der Waals surface area contributed by atoms with E-state index < -0.39 is 28.8 Å². The maximum atomic E-state index is 14.6. The third-order valence-electron chi connectivity index (χ3n) is 4.81. The number of halogens is 2. The van der Waals surface area contributed by atoms with Crippen molar-refractivity contribution in [3.8, 4) is 17.2 Å². The zero-order valence-electron chi connectivity index (χ0n) is 15.0. The fourth-order valence-electron chi connectivity index (χ4n) is 3.54. The predicted molar refractivity (Wildman–Crippen MR) is 101 cm³/mol. The molecule has 8 heteroatoms. The van der Waals surface area contributed by atoms with E-state index in [9.17, 15) is 18.4 Å². The van der Waals surface area contributed by atoms with Gasteiger partial charge in [0.2, 0.25) is 11.2 Å². The molecule has 6 nitrogen and oxygen atoms in total. The van der Waals surface area contributed by atoms with Crippen molar-refractivity contribution in [2.45, 2.75) is 6.92 Å². The van der Waals surface area contributed by atoms with Crippen LogP contribution in [0, 0.1) is 11.6 Å². The highest BCUT2D eigenvalue weighted by Crippen LogP contribution is 2.44. The lowest BCUT2D eigenvalue weighted by Crippen LogP contribution is -2.22. The molecule has 5 rings (SSSR count). The first-order chi connectivity index (χ1) is 14.0. The highest BCUT2D eigenvalue weighted by molar-refractivity contribution is 5.99. The Hall–Kier alpha value is -3.81. The number of fused-ring (bicyclic) bond motifs is 4. The van der Waals surface area contributed by atoms with E-state index in [2.05, 4.69) is 4.98 Å². The van der Waals surface area contributed by atoms with Crippen LogP contribution in [0.1, 0.15) is 17.3 Å². The smallest absolute Gasteiger partial charge is 0.343 e. The van der Waals surface area contributed by atoms with Gasteiger partial charge in [0.15, 0.2) is 17.3 Å². The van der Waals surface area contributed by atoms with Crippen molar-refractivity contribution < 1.29 is 23.0 Å². The molecule has 0 saturated heterocycles. The first-order valence-corrected chi connectivity index (χ1v) is 8.81. The van der Waals surface area contributed by atoms with Crippen molar-refractivity contribution >= 4 is 27.8 Å². The molecule has 1 aliphatic heterocycles. The van der Waals surface area contributed by atoms with Gasteiger partial charge in [-0.3, -0.25) is 9.78 Å². The molecule has 0 bridgehead atoms. The minimum atomic E-state index is -1.26. The number of ether oxygens (including phenoxy) is 2. The molecule has 0 fully saturated rings. The first kappa shape index (κ1) is 17.3. The number of nitrogens with zero attached hydrogens (tertiary/aromatic N) is 2. The summed E-state index contributed by atoms with van der Waals surface area (Å²) in [6.45, 7) is 1.67. The van der Waals surface area contributed by atoms with Gasteiger partial charge in [0.05, 0.1) is 17.7 Å². The molecule has 0 aliphatic carbocycles. The highest BCUT2D eigenvalue weighted by Gasteiger charge is 2.30. The summed E-state index contributed by atoms with van der Waals surface area (Å²) in [5.74, 6) is -3.57. The van der Waals surface area contributed by atoms with Gasteiger partial charge < -0.3 is 14.0 Å². The van der Waals surface area contributed by atoms with Gasteiger partial charge in [0.1, 0.15) is 16.6 Å². The third-order valence-corrected chi connectivity index (χ3v) is 4.81. The molecule has 0 atom stereocenters. The van der Waals surface area contributed by atoms with Crippen LogP contribution in [0.5, 0.6) is 11.5 Å². The average molecular weight is 394 g/mol. The van der Waals surface area contributed by atoms with Gasteiger partial charge in [-0.1, -0.05) is 12.1 Å². The lowest BCUT2D eigenvalue weighted by molar-refractivity contribution is 0.0524. The lowest BCUT2D eigenvalue weighted by atomic mass is 10.1. The Labute approximate surface area is 161 Å². The second kappa shape index (κ2) is 6.10. The van der Waals surface area contributed by atoms with Crippen molar-refractivity contribution in [2.24, 2.45) is 0 Å². The molecule has 0 amide bonds. The molecular formula is C21H12F2N2O4. The largest absolute Gasteiger partial charge is 0.462 e. The Balaban J connectivity index is 1.96. The molecule has 1 aliphatic rings. The van der Waals surface area contributed by atoms with Crippen molar-refractivity contribution in [1.29, 1.82) is 0 Å². The van der Waals surface area contributed by atoms with Gasteiger partial charge in [0.25, 0.3) is 0 Å². The number of hydrogen-bond donors (Lipinski definition) is 0. The van der Waals surface area contributed by atoms with Crippen LogP contribution >= 0.6 is 0 Å². The van der Waals surface area contributed by atoms with E-state index in [1.54, 1.807) is 37.4 Å². The molecule has 4 aromatic rings. The zero-order chi connectivity index (χ0) is 20.3. The number of carbonyl (C=O) groups is 1. The summed E-state index contributed by atoms with van der Waals surface area (Å²) in [4.78, 5) is 29.4. The number of carbonyl (C=O) groups excluding carboxylic acids is 1. The van der Waals surface area contributed by atoms with E-state index in [1.807, 2.05) is 0 Å². The first-order valence-electron chi connectivity index (χ1n) is 8.81. The molecule has 2 aromatic carbocycles. The normalized spacial score (nSPS) is 12.0. The SMILES string of the molecule is CCOC(=O)c1cn2c3c(c(F)c(F)cc3c1=O)Oc1c-2ccc2cccnc12. The third kappa shape index (κ3) is 2.35. The molecule has 29 heavy (non-hydrogen) atoms. The van der Waals surface area contributed by atoms with E-state index in [4.69, 9.17) is 9.47 Å². The Morgan fingerprint density at radius 2 is 2.07 bits per heavy atom. The fraction of sp³-hybridized carbons (Fsp3) is 0.0952. The second-order valence-corrected chi connectivity index (χ2v) is 6.45. The van der Waals surface area contributed by atoms with Gasteiger partial charge in [0, 0.05) is 17.8 Å². The molecule has 144 valence electrons. The molecular weight excluding hydrogens is 382 g/mol. The number of rotatable bonds is 2. The van der Waals surface area contributed by atoms with Gasteiger partial charge in [-0.2, -0.15) is 4.39 Å². The quantitative estimate of drug-likeness (QED) is 0.422. The molecule has 0 radical (unpaired) electrons. The predicted octanol–water partition coefficient (Wildman–Crippen LogP) is 4.10. The summed E-state index contributed by atoms with van der Waals surface area (Å²) in [5.41, 5.74) is -0.148. The van der Waals surface area contributed by atoms with Crippen molar-refractivity contribution in [3.63, 3.8) is 0 Å². The van der Waals surface area contributed by atoms with E-state index in [0.717, 1.165) is 11.5 Å². The Morgan fingerprint density at radius 3 is 2.86 bits per heavy atom. The summed E-state index contributed by atoms with van der Waals surface area (Å²) in [5, 5.41) is 0.547. The van der Waals surface area contributed by atoms with E-state index in [1.165, 1.54) is 10.8 Å². The minimum Gasteiger partial charge on any atom is -0.462 e. The van der Waals surface area contributed by atoms with Crippen LogP contribution in [-0.2, 0) is 4.74 Å². The van der Waals surface area contributed by atoms with Crippen LogP contribution in [0.3, 0.4) is 0 Å². The van der Waals surface area contributed by atoms with E-state index in [0.29, 0.717) is 11.2 Å². The van der Waals surface area contributed by atoms with Gasteiger partial charge >= 0.3 is 5.97 Å². The molecule has 0 spiro atoms. The van der Waals surface area contributed by atoms with Gasteiger partial charge in [-0.25, -0.2) is 9.18 Å². The van der Waals surface area contributed by atoms with Crippen LogP contribution in [0.2, 0.25) is 0 Å². The molecule has 3 heterocycles. The molecule has 0 saturated carbocycles. The summed E-state index contributed by atoms with van der Waals surface area (Å²) in [7, 11) is 0. The molecule has 0 unspecified atom stereocenters. The van der Waals surface area contributed by atoms with Crippen LogP contribution < -0.4 is 10.2 Å². The summed E-state index contributed by atoms with van der Waals surface area (Å²) < 4.78 is 41.0. The van der Waals surface area contributed by atoms with Crippen LogP contribution in [0.25, 0.3) is 27.5 Å². The van der Waals surface area contributed by atoms with Crippen LogP contribution in [0.4, 0.5) is 8.78 Å². The van der Waals surface area contributed by atoms with Crippen molar-refractivity contribution in [2.75, 3.05) is 6.61 Å². The number of hydrogen-bond acceptors (Lipinski definition) is 5. The average Bonchev–Trinajstić information content (AvgIpc) is 2.73. The Morgan fingerprint density at radius 1 is 1.24 bits per heavy atom. The minimum absolute atomic E-state index is 0.0322. The fourth-order valence-corrected chi connectivity index (χ4v) is 3.54. The Kier molecular flexibility index (Phi) is 3.64. The summed E-state index contributed by atoms with van der Waals surface area (Å²) in [6, 6.07) is 7.78. The van der Waals surface area contributed by atoms with Crippen LogP contribution in [0.15, 0.2) is 47.5 Å². The monoisotopic (exact) mass is 394 g/mol.